The van der Waals surface area contributed by atoms with Crippen LogP contribution in [0.2, 0.25) is 0 Å². The van der Waals surface area contributed by atoms with Crippen LogP contribution < -0.4 is 5.32 Å². The van der Waals surface area contributed by atoms with Gasteiger partial charge in [-0.1, -0.05) is 32.5 Å². The number of hydrogen-bond donors (Lipinski definition) is 1. The number of nitriles is 1. The van der Waals surface area contributed by atoms with Gasteiger partial charge in [-0.2, -0.15) is 5.26 Å². The van der Waals surface area contributed by atoms with E-state index in [2.05, 4.69) is 53.8 Å². The van der Waals surface area contributed by atoms with E-state index in [-0.39, 0.29) is 17.1 Å². The Morgan fingerprint density at radius 1 is 1.33 bits per heavy atom. The quantitative estimate of drug-likeness (QED) is 0.636. The molecule has 1 atom stereocenters. The second-order valence-corrected chi connectivity index (χ2v) is 11.4. The molecule has 2 heterocycles. The number of amides is 1. The third kappa shape index (κ3) is 4.28. The van der Waals surface area contributed by atoms with Crippen molar-refractivity contribution in [1.82, 2.24) is 14.8 Å². The molecule has 0 bridgehead atoms. The molecular weight excluding hydrogens is 414 g/mol. The highest BCUT2D eigenvalue weighted by atomic mass is 32.2. The first-order valence-corrected chi connectivity index (χ1v) is 12.5. The number of nitrogens with zero attached hydrogens (tertiary/aromatic N) is 4. The van der Waals surface area contributed by atoms with Gasteiger partial charge >= 0.3 is 0 Å². The van der Waals surface area contributed by atoms with Gasteiger partial charge in [0.05, 0.1) is 11.3 Å². The standard InChI is InChI=1S/C22H29N5OS2/c1-5-27-19(13-6-7-13)25-26-21(27)29-12-18(28)24-20-16(11-23)15-9-8-14(22(2,3)4)10-17(15)30-20/h13-14H,5-10,12H2,1-4H3,(H,24,28). The molecule has 1 unspecified atom stereocenters. The fourth-order valence-electron chi connectivity index (χ4n) is 4.17. The van der Waals surface area contributed by atoms with Crippen LogP contribution in [-0.2, 0) is 24.2 Å². The Morgan fingerprint density at radius 2 is 2.10 bits per heavy atom. The summed E-state index contributed by atoms with van der Waals surface area (Å²) < 4.78 is 2.12. The van der Waals surface area contributed by atoms with Crippen molar-refractivity contribution < 1.29 is 4.79 Å². The van der Waals surface area contributed by atoms with Crippen LogP contribution in [0.4, 0.5) is 5.00 Å². The number of thiophene rings is 1. The van der Waals surface area contributed by atoms with Crippen molar-refractivity contribution in [2.24, 2.45) is 11.3 Å². The molecule has 2 aromatic rings. The minimum atomic E-state index is -0.0962. The topological polar surface area (TPSA) is 83.6 Å². The molecule has 1 amide bonds. The van der Waals surface area contributed by atoms with E-state index >= 15 is 0 Å². The lowest BCUT2D eigenvalue weighted by Crippen LogP contribution is -2.26. The second kappa shape index (κ2) is 8.35. The van der Waals surface area contributed by atoms with Crippen LogP contribution in [0.3, 0.4) is 0 Å². The molecule has 2 aromatic heterocycles. The van der Waals surface area contributed by atoms with Crippen molar-refractivity contribution in [1.29, 1.82) is 5.26 Å². The third-order valence-electron chi connectivity index (χ3n) is 6.19. The van der Waals surface area contributed by atoms with E-state index in [0.29, 0.717) is 22.4 Å². The maximum absolute atomic E-state index is 12.7. The van der Waals surface area contributed by atoms with Gasteiger partial charge in [0, 0.05) is 17.3 Å². The van der Waals surface area contributed by atoms with Gasteiger partial charge in [-0.25, -0.2) is 0 Å². The van der Waals surface area contributed by atoms with Gasteiger partial charge in [0.1, 0.15) is 16.9 Å². The first-order valence-electron chi connectivity index (χ1n) is 10.7. The Morgan fingerprint density at radius 3 is 2.73 bits per heavy atom. The largest absolute Gasteiger partial charge is 0.316 e. The summed E-state index contributed by atoms with van der Waals surface area (Å²) in [5.41, 5.74) is 2.06. The number of nitrogens with one attached hydrogen (secondary N) is 1. The van der Waals surface area contributed by atoms with E-state index in [4.69, 9.17) is 0 Å². The molecule has 0 spiro atoms. The summed E-state index contributed by atoms with van der Waals surface area (Å²) in [5, 5.41) is 22.8. The Labute approximate surface area is 186 Å². The zero-order chi connectivity index (χ0) is 21.5. The molecule has 1 N–H and O–H groups in total. The number of carbonyl (C=O) groups is 1. The Bertz CT molecular complexity index is 991. The van der Waals surface area contributed by atoms with Crippen LogP contribution in [0.1, 0.15) is 74.7 Å². The average molecular weight is 444 g/mol. The molecule has 0 aliphatic heterocycles. The lowest BCUT2D eigenvalue weighted by Gasteiger charge is -2.33. The Balaban J connectivity index is 1.43. The van der Waals surface area contributed by atoms with Crippen LogP contribution in [0.15, 0.2) is 5.16 Å². The monoisotopic (exact) mass is 443 g/mol. The van der Waals surface area contributed by atoms with Crippen LogP contribution in [-0.4, -0.2) is 26.4 Å². The number of anilines is 1. The van der Waals surface area contributed by atoms with E-state index in [1.165, 1.54) is 29.5 Å². The average Bonchev–Trinajstić information content (AvgIpc) is 3.36. The van der Waals surface area contributed by atoms with Gasteiger partial charge in [-0.15, -0.1) is 21.5 Å². The van der Waals surface area contributed by atoms with Crippen molar-refractivity contribution in [2.75, 3.05) is 11.1 Å². The summed E-state index contributed by atoms with van der Waals surface area (Å²) in [6.45, 7) is 9.74. The van der Waals surface area contributed by atoms with Crippen LogP contribution in [0, 0.1) is 22.7 Å². The predicted molar refractivity (Wildman–Crippen MR) is 121 cm³/mol. The molecule has 0 aromatic carbocycles. The van der Waals surface area contributed by atoms with Crippen molar-refractivity contribution in [3.05, 3.63) is 21.8 Å². The minimum absolute atomic E-state index is 0.0962. The number of aromatic nitrogens is 3. The molecule has 2 aliphatic rings. The highest BCUT2D eigenvalue weighted by Crippen LogP contribution is 2.44. The van der Waals surface area contributed by atoms with E-state index in [1.54, 1.807) is 11.3 Å². The molecule has 30 heavy (non-hydrogen) atoms. The fourth-order valence-corrected chi connectivity index (χ4v) is 6.28. The van der Waals surface area contributed by atoms with Gasteiger partial charge < -0.3 is 9.88 Å². The third-order valence-corrected chi connectivity index (χ3v) is 8.33. The molecule has 1 saturated carbocycles. The number of hydrogen-bond acceptors (Lipinski definition) is 6. The maximum atomic E-state index is 12.7. The van der Waals surface area contributed by atoms with Crippen molar-refractivity contribution in [2.45, 2.75) is 77.4 Å². The van der Waals surface area contributed by atoms with Crippen molar-refractivity contribution >= 4 is 34.0 Å². The van der Waals surface area contributed by atoms with E-state index in [0.717, 1.165) is 42.4 Å². The lowest BCUT2D eigenvalue weighted by molar-refractivity contribution is -0.113. The molecule has 1 fully saturated rings. The maximum Gasteiger partial charge on any atom is 0.235 e. The summed E-state index contributed by atoms with van der Waals surface area (Å²) in [6, 6.07) is 2.34. The first-order chi connectivity index (χ1) is 14.3. The van der Waals surface area contributed by atoms with Gasteiger partial charge in [-0.3, -0.25) is 4.79 Å². The highest BCUT2D eigenvalue weighted by Gasteiger charge is 2.33. The van der Waals surface area contributed by atoms with Gasteiger partial charge in [0.15, 0.2) is 5.16 Å². The fraction of sp³-hybridized carbons (Fsp3) is 0.636. The SMILES string of the molecule is CCn1c(SCC(=O)Nc2sc3c(c2C#N)CCC(C(C)(C)C)C3)nnc1C1CC1. The molecule has 8 heteroatoms. The van der Waals surface area contributed by atoms with E-state index in [9.17, 15) is 10.1 Å². The van der Waals surface area contributed by atoms with E-state index in [1.807, 2.05) is 0 Å². The van der Waals surface area contributed by atoms with Gasteiger partial charge in [0.2, 0.25) is 5.91 Å². The molecule has 0 saturated heterocycles. The smallest absolute Gasteiger partial charge is 0.235 e. The molecule has 4 rings (SSSR count). The summed E-state index contributed by atoms with van der Waals surface area (Å²) in [6.07, 6.45) is 5.37. The highest BCUT2D eigenvalue weighted by molar-refractivity contribution is 7.99. The number of thioether (sulfide) groups is 1. The Kier molecular flexibility index (Phi) is 5.95. The lowest BCUT2D eigenvalue weighted by atomic mass is 9.72. The summed E-state index contributed by atoms with van der Waals surface area (Å²) in [4.78, 5) is 13.9. The number of carbonyl (C=O) groups excluding carboxylic acids is 1. The van der Waals surface area contributed by atoms with Gasteiger partial charge in [-0.05, 0) is 55.9 Å². The summed E-state index contributed by atoms with van der Waals surface area (Å²) >= 11 is 3.00. The molecule has 160 valence electrons. The van der Waals surface area contributed by atoms with Crippen LogP contribution >= 0.6 is 23.1 Å². The zero-order valence-corrected chi connectivity index (χ0v) is 19.8. The number of fused-ring (bicyclic) bond motifs is 1. The normalized spacial score (nSPS) is 18.7. The number of rotatable bonds is 6. The van der Waals surface area contributed by atoms with Crippen molar-refractivity contribution in [3.8, 4) is 6.07 Å². The predicted octanol–water partition coefficient (Wildman–Crippen LogP) is 4.99. The summed E-state index contributed by atoms with van der Waals surface area (Å²) in [5.74, 6) is 2.36. The first kappa shape index (κ1) is 21.4. The van der Waals surface area contributed by atoms with Crippen LogP contribution in [0.25, 0.3) is 0 Å². The molecular formula is C22H29N5OS2. The molecule has 2 aliphatic carbocycles. The second-order valence-electron chi connectivity index (χ2n) is 9.32. The molecule has 0 radical (unpaired) electrons. The van der Waals surface area contributed by atoms with Gasteiger partial charge in [0.25, 0.3) is 0 Å². The molecule has 6 nitrogen and oxygen atoms in total. The van der Waals surface area contributed by atoms with Crippen molar-refractivity contribution in [3.63, 3.8) is 0 Å². The Hall–Kier alpha value is -1.85. The summed E-state index contributed by atoms with van der Waals surface area (Å²) in [7, 11) is 0. The minimum Gasteiger partial charge on any atom is -0.316 e. The zero-order valence-electron chi connectivity index (χ0n) is 18.1. The van der Waals surface area contributed by atoms with E-state index < -0.39 is 0 Å². The van der Waals surface area contributed by atoms with Crippen LogP contribution in [0.5, 0.6) is 0 Å².